The molecule has 0 spiro atoms. The Morgan fingerprint density at radius 2 is 1.84 bits per heavy atom. The highest BCUT2D eigenvalue weighted by Gasteiger charge is 2.30. The second kappa shape index (κ2) is 10.4. The normalized spacial score (nSPS) is 12.8. The van der Waals surface area contributed by atoms with Crippen molar-refractivity contribution in [2.45, 2.75) is 38.4 Å². The smallest absolute Gasteiger partial charge is 0.302 e. The number of thiocarbonyl (C=S) groups is 1. The zero-order valence-corrected chi connectivity index (χ0v) is 16.6. The van der Waals surface area contributed by atoms with Gasteiger partial charge in [-0.25, -0.2) is 0 Å². The molecule has 0 fully saturated rings. The van der Waals surface area contributed by atoms with Crippen LogP contribution in [0.1, 0.15) is 44.0 Å². The number of thioether (sulfide) groups is 1. The zero-order valence-electron chi connectivity index (χ0n) is 15.0. The van der Waals surface area contributed by atoms with Crippen LogP contribution in [0, 0.1) is 0 Å². The highest BCUT2D eigenvalue weighted by Crippen LogP contribution is 2.33. The number of carbonyl (C=O) groups excluding carboxylic acids is 2. The summed E-state index contributed by atoms with van der Waals surface area (Å²) >= 11 is 6.50. The molecule has 0 radical (unpaired) electrons. The number of hydrogen-bond donors (Lipinski definition) is 0. The van der Waals surface area contributed by atoms with Crippen LogP contribution in [0.2, 0.25) is 0 Å². The van der Waals surface area contributed by atoms with Crippen LogP contribution >= 0.6 is 24.0 Å². The number of esters is 1. The maximum atomic E-state index is 12.4. The molecular formula is C18H24O5S2. The van der Waals surface area contributed by atoms with E-state index in [2.05, 4.69) is 0 Å². The lowest BCUT2D eigenvalue weighted by atomic mass is 9.99. The summed E-state index contributed by atoms with van der Waals surface area (Å²) in [5, 5.41) is 0. The first-order chi connectivity index (χ1) is 11.8. The van der Waals surface area contributed by atoms with Crippen LogP contribution < -0.4 is 4.74 Å². The van der Waals surface area contributed by atoms with Crippen molar-refractivity contribution in [3.63, 3.8) is 0 Å². The molecule has 1 unspecified atom stereocenters. The molecule has 0 aliphatic carbocycles. The highest BCUT2D eigenvalue weighted by atomic mass is 32.2. The molecule has 1 aromatic carbocycles. The molecule has 0 saturated heterocycles. The number of rotatable bonds is 9. The molecule has 1 aromatic rings. The predicted molar refractivity (Wildman–Crippen MR) is 103 cm³/mol. The number of hydrogen-bond acceptors (Lipinski definition) is 7. The van der Waals surface area contributed by atoms with Crippen LogP contribution in [-0.2, 0) is 14.3 Å². The van der Waals surface area contributed by atoms with Gasteiger partial charge >= 0.3 is 5.97 Å². The molecule has 0 aliphatic rings. The summed E-state index contributed by atoms with van der Waals surface area (Å²) in [6, 6.07) is 6.99. The van der Waals surface area contributed by atoms with Crippen molar-refractivity contribution in [3.05, 3.63) is 29.8 Å². The van der Waals surface area contributed by atoms with Crippen molar-refractivity contribution >= 4 is 40.1 Å². The fourth-order valence-corrected chi connectivity index (χ4v) is 3.68. The van der Waals surface area contributed by atoms with Gasteiger partial charge < -0.3 is 14.2 Å². The standard InChI is InChI=1S/C18H24O5S2/c1-5-22-17(24)25-18(3,12-23-13(2)19)11-10-16(20)14-6-8-15(21-4)9-7-14/h6-9H,5,10-12H2,1-4H3. The van der Waals surface area contributed by atoms with E-state index in [-0.39, 0.29) is 18.4 Å². The highest BCUT2D eigenvalue weighted by molar-refractivity contribution is 8.23. The van der Waals surface area contributed by atoms with Gasteiger partial charge in [0.25, 0.3) is 0 Å². The van der Waals surface area contributed by atoms with Gasteiger partial charge in [0.1, 0.15) is 12.4 Å². The average molecular weight is 385 g/mol. The van der Waals surface area contributed by atoms with Crippen molar-refractivity contribution in [1.82, 2.24) is 0 Å². The van der Waals surface area contributed by atoms with E-state index in [0.29, 0.717) is 35.1 Å². The topological polar surface area (TPSA) is 61.8 Å². The Kier molecular flexibility index (Phi) is 8.92. The molecule has 7 heteroatoms. The van der Waals surface area contributed by atoms with Gasteiger partial charge in [-0.05, 0) is 56.8 Å². The summed E-state index contributed by atoms with van der Waals surface area (Å²) in [6.45, 7) is 5.75. The molecule has 0 bridgehead atoms. The maximum absolute atomic E-state index is 12.4. The van der Waals surface area contributed by atoms with E-state index in [1.807, 2.05) is 13.8 Å². The Morgan fingerprint density at radius 3 is 2.36 bits per heavy atom. The first-order valence-electron chi connectivity index (χ1n) is 7.96. The van der Waals surface area contributed by atoms with E-state index < -0.39 is 4.75 Å². The SMILES string of the molecule is CCOC(=S)SC(C)(CCC(=O)c1ccc(OC)cc1)COC(C)=O. The molecule has 0 aromatic heterocycles. The number of ketones is 1. The number of Topliss-reactive ketones (excluding diaryl/α,β-unsaturated/α-hetero) is 1. The minimum atomic E-state index is -0.528. The minimum Gasteiger partial charge on any atom is -0.497 e. The van der Waals surface area contributed by atoms with Gasteiger partial charge in [-0.2, -0.15) is 0 Å². The largest absolute Gasteiger partial charge is 0.497 e. The van der Waals surface area contributed by atoms with E-state index in [0.717, 1.165) is 0 Å². The summed E-state index contributed by atoms with van der Waals surface area (Å²) in [4.78, 5) is 23.6. The number of methoxy groups -OCH3 is 1. The Morgan fingerprint density at radius 1 is 1.20 bits per heavy atom. The molecule has 0 aliphatic heterocycles. The molecule has 1 rings (SSSR count). The minimum absolute atomic E-state index is 0.0135. The van der Waals surface area contributed by atoms with Crippen molar-refractivity contribution in [2.75, 3.05) is 20.3 Å². The Balaban J connectivity index is 2.72. The maximum Gasteiger partial charge on any atom is 0.302 e. The van der Waals surface area contributed by atoms with E-state index in [9.17, 15) is 9.59 Å². The molecule has 1 atom stereocenters. The molecule has 138 valence electrons. The van der Waals surface area contributed by atoms with E-state index >= 15 is 0 Å². The van der Waals surface area contributed by atoms with Crippen LogP contribution in [0.25, 0.3) is 0 Å². The molecule has 0 N–H and O–H groups in total. The molecule has 0 heterocycles. The van der Waals surface area contributed by atoms with Crippen LogP contribution in [-0.4, -0.2) is 41.2 Å². The molecule has 0 saturated carbocycles. The van der Waals surface area contributed by atoms with Gasteiger partial charge in [0, 0.05) is 18.9 Å². The monoisotopic (exact) mass is 384 g/mol. The number of carbonyl (C=O) groups is 2. The van der Waals surface area contributed by atoms with Crippen LogP contribution in [0.5, 0.6) is 5.75 Å². The average Bonchev–Trinajstić information content (AvgIpc) is 2.58. The van der Waals surface area contributed by atoms with Gasteiger partial charge in [-0.15, -0.1) is 0 Å². The lowest BCUT2D eigenvalue weighted by molar-refractivity contribution is -0.141. The van der Waals surface area contributed by atoms with Gasteiger partial charge in [0.15, 0.2) is 5.78 Å². The first kappa shape index (κ1) is 21.4. The van der Waals surface area contributed by atoms with E-state index in [4.69, 9.17) is 26.4 Å². The summed E-state index contributed by atoms with van der Waals surface area (Å²) in [5.74, 6) is 0.351. The van der Waals surface area contributed by atoms with Gasteiger partial charge in [0.2, 0.25) is 4.38 Å². The second-order valence-electron chi connectivity index (χ2n) is 5.67. The molecule has 25 heavy (non-hydrogen) atoms. The van der Waals surface area contributed by atoms with Gasteiger partial charge in [-0.1, -0.05) is 11.8 Å². The van der Waals surface area contributed by atoms with Crippen LogP contribution in [0.15, 0.2) is 24.3 Å². The van der Waals surface area contributed by atoms with Crippen molar-refractivity contribution in [1.29, 1.82) is 0 Å². The Bertz CT molecular complexity index is 600. The number of ether oxygens (including phenoxy) is 3. The van der Waals surface area contributed by atoms with Crippen molar-refractivity contribution in [2.24, 2.45) is 0 Å². The zero-order chi connectivity index (χ0) is 18.9. The van der Waals surface area contributed by atoms with E-state index in [1.165, 1.54) is 18.7 Å². The lowest BCUT2D eigenvalue weighted by Crippen LogP contribution is -2.31. The van der Waals surface area contributed by atoms with Crippen LogP contribution in [0.4, 0.5) is 0 Å². The Hall–Kier alpha value is -1.60. The fourth-order valence-electron chi connectivity index (χ4n) is 2.05. The third kappa shape index (κ3) is 7.88. The van der Waals surface area contributed by atoms with Crippen molar-refractivity contribution in [3.8, 4) is 5.75 Å². The summed E-state index contributed by atoms with van der Waals surface area (Å²) in [7, 11) is 1.58. The van der Waals surface area contributed by atoms with Crippen molar-refractivity contribution < 1.29 is 23.8 Å². The third-order valence-corrected chi connectivity index (χ3v) is 4.93. The van der Waals surface area contributed by atoms with Gasteiger partial charge in [0.05, 0.1) is 18.5 Å². The van der Waals surface area contributed by atoms with E-state index in [1.54, 1.807) is 31.4 Å². The predicted octanol–water partition coefficient (Wildman–Crippen LogP) is 4.03. The number of benzene rings is 1. The Labute approximate surface area is 158 Å². The van der Waals surface area contributed by atoms with Gasteiger partial charge in [-0.3, -0.25) is 9.59 Å². The fraction of sp³-hybridized carbons (Fsp3) is 0.500. The molecule has 0 amide bonds. The van der Waals surface area contributed by atoms with Crippen LogP contribution in [0.3, 0.4) is 0 Å². The summed E-state index contributed by atoms with van der Waals surface area (Å²) in [5.41, 5.74) is 0.619. The second-order valence-corrected chi connectivity index (χ2v) is 7.86. The summed E-state index contributed by atoms with van der Waals surface area (Å²) in [6.07, 6.45) is 0.814. The summed E-state index contributed by atoms with van der Waals surface area (Å²) < 4.78 is 15.4. The first-order valence-corrected chi connectivity index (χ1v) is 9.18. The lowest BCUT2D eigenvalue weighted by Gasteiger charge is -2.27. The molecule has 5 nitrogen and oxygen atoms in total. The molecular weight excluding hydrogens is 360 g/mol. The quantitative estimate of drug-likeness (QED) is 0.362. The third-order valence-electron chi connectivity index (χ3n) is 3.47.